The summed E-state index contributed by atoms with van der Waals surface area (Å²) in [5.41, 5.74) is 10.2. The van der Waals surface area contributed by atoms with E-state index in [1.807, 2.05) is 12.1 Å². The summed E-state index contributed by atoms with van der Waals surface area (Å²) in [7, 11) is 1.53. The van der Waals surface area contributed by atoms with Gasteiger partial charge in [-0.05, 0) is 54.7 Å². The highest BCUT2D eigenvalue weighted by Crippen LogP contribution is 2.27. The molecule has 0 radical (unpaired) electrons. The van der Waals surface area contributed by atoms with Crippen molar-refractivity contribution >= 4 is 17.3 Å². The molecule has 0 atom stereocenters. The second kappa shape index (κ2) is 5.48. The number of ether oxygens (including phenoxy) is 1. The number of rotatable bonds is 3. The first-order valence-corrected chi connectivity index (χ1v) is 7.04. The number of hydrogen-bond donors (Lipinski definition) is 2. The summed E-state index contributed by atoms with van der Waals surface area (Å²) in [5.74, 6) is 0.233. The molecule has 0 saturated carbocycles. The van der Waals surface area contributed by atoms with Crippen LogP contribution < -0.4 is 15.8 Å². The molecule has 0 fully saturated rings. The number of methoxy groups -OCH3 is 1. The van der Waals surface area contributed by atoms with Crippen LogP contribution in [0.25, 0.3) is 0 Å². The van der Waals surface area contributed by atoms with Crippen LogP contribution >= 0.6 is 0 Å². The number of fused-ring (bicyclic) bond motifs is 1. The topological polar surface area (TPSA) is 64.3 Å². The minimum atomic E-state index is -0.247. The van der Waals surface area contributed by atoms with E-state index in [1.54, 1.807) is 18.2 Å². The lowest BCUT2D eigenvalue weighted by molar-refractivity contribution is 0.102. The Labute approximate surface area is 123 Å². The van der Waals surface area contributed by atoms with Crippen LogP contribution in [0.5, 0.6) is 5.75 Å². The molecule has 3 N–H and O–H groups in total. The first-order valence-electron chi connectivity index (χ1n) is 7.04. The van der Waals surface area contributed by atoms with Gasteiger partial charge in [-0.15, -0.1) is 0 Å². The molecule has 1 aliphatic rings. The minimum absolute atomic E-state index is 0.247. The van der Waals surface area contributed by atoms with Crippen LogP contribution in [0, 0.1) is 0 Å². The Kier molecular flexibility index (Phi) is 3.52. The molecular weight excluding hydrogens is 264 g/mol. The Morgan fingerprint density at radius 3 is 2.81 bits per heavy atom. The van der Waals surface area contributed by atoms with Crippen molar-refractivity contribution in [2.45, 2.75) is 19.3 Å². The summed E-state index contributed by atoms with van der Waals surface area (Å²) in [6.07, 6.45) is 3.39. The quantitative estimate of drug-likeness (QED) is 0.850. The van der Waals surface area contributed by atoms with Gasteiger partial charge in [-0.1, -0.05) is 12.1 Å². The second-order valence-electron chi connectivity index (χ2n) is 5.22. The van der Waals surface area contributed by atoms with Crippen molar-refractivity contribution in [3.63, 3.8) is 0 Å². The molecule has 1 amide bonds. The molecule has 0 bridgehead atoms. The van der Waals surface area contributed by atoms with Crippen molar-refractivity contribution in [2.75, 3.05) is 18.2 Å². The normalized spacial score (nSPS) is 12.8. The van der Waals surface area contributed by atoms with Crippen LogP contribution in [0.3, 0.4) is 0 Å². The Balaban J connectivity index is 1.87. The van der Waals surface area contributed by atoms with Gasteiger partial charge < -0.3 is 15.8 Å². The van der Waals surface area contributed by atoms with E-state index in [1.165, 1.54) is 24.7 Å². The lowest BCUT2D eigenvalue weighted by Gasteiger charge is -2.12. The molecule has 3 rings (SSSR count). The number of nitrogens with two attached hydrogens (primary N) is 1. The van der Waals surface area contributed by atoms with E-state index in [2.05, 4.69) is 11.4 Å². The van der Waals surface area contributed by atoms with Crippen LogP contribution in [0.4, 0.5) is 11.4 Å². The maximum atomic E-state index is 12.4. The van der Waals surface area contributed by atoms with Gasteiger partial charge in [0.05, 0.1) is 7.11 Å². The Morgan fingerprint density at radius 2 is 2.00 bits per heavy atom. The molecule has 108 valence electrons. The zero-order valence-electron chi connectivity index (χ0n) is 12.0. The smallest absolute Gasteiger partial charge is 0.261 e. The van der Waals surface area contributed by atoms with Crippen molar-refractivity contribution in [2.24, 2.45) is 0 Å². The van der Waals surface area contributed by atoms with Gasteiger partial charge in [0.15, 0.2) is 0 Å². The van der Waals surface area contributed by atoms with E-state index < -0.39 is 0 Å². The molecule has 0 spiro atoms. The molecule has 0 saturated heterocycles. The van der Waals surface area contributed by atoms with Crippen LogP contribution in [0.1, 0.15) is 27.9 Å². The minimum Gasteiger partial charge on any atom is -0.496 e. The highest BCUT2D eigenvalue weighted by Gasteiger charge is 2.17. The fraction of sp³-hybridized carbons (Fsp3) is 0.235. The summed E-state index contributed by atoms with van der Waals surface area (Å²) in [5, 5.41) is 2.90. The standard InChI is InChI=1S/C17H18N2O2/c1-21-15-7-3-6-14(18)16(15)17(20)19-13-9-8-11-4-2-5-12(11)10-13/h3,6-10H,2,4-5,18H2,1H3,(H,19,20). The fourth-order valence-corrected chi connectivity index (χ4v) is 2.80. The molecule has 0 unspecified atom stereocenters. The molecule has 2 aromatic rings. The number of nitrogen functional groups attached to an aromatic ring is 1. The van der Waals surface area contributed by atoms with Crippen LogP contribution in [0.2, 0.25) is 0 Å². The zero-order valence-corrected chi connectivity index (χ0v) is 12.0. The van der Waals surface area contributed by atoms with Crippen molar-refractivity contribution in [1.82, 2.24) is 0 Å². The molecule has 2 aromatic carbocycles. The van der Waals surface area contributed by atoms with Gasteiger partial charge in [0, 0.05) is 11.4 Å². The lowest BCUT2D eigenvalue weighted by atomic mass is 10.1. The molecular formula is C17H18N2O2. The molecule has 0 heterocycles. The lowest BCUT2D eigenvalue weighted by Crippen LogP contribution is -2.15. The highest BCUT2D eigenvalue weighted by atomic mass is 16.5. The SMILES string of the molecule is COc1cccc(N)c1C(=O)Nc1ccc2c(c1)CCC2. The predicted octanol–water partition coefficient (Wildman–Crippen LogP) is 3.02. The third-order valence-corrected chi connectivity index (χ3v) is 3.86. The van der Waals surface area contributed by atoms with Gasteiger partial charge in [0.25, 0.3) is 5.91 Å². The summed E-state index contributed by atoms with van der Waals surface area (Å²) < 4.78 is 5.22. The monoisotopic (exact) mass is 282 g/mol. The van der Waals surface area contributed by atoms with Gasteiger partial charge in [-0.2, -0.15) is 0 Å². The number of aryl methyl sites for hydroxylation is 2. The maximum absolute atomic E-state index is 12.4. The van der Waals surface area contributed by atoms with Crippen LogP contribution in [-0.4, -0.2) is 13.0 Å². The van der Waals surface area contributed by atoms with Crippen molar-refractivity contribution in [3.8, 4) is 5.75 Å². The van der Waals surface area contributed by atoms with Gasteiger partial charge in [-0.25, -0.2) is 0 Å². The third kappa shape index (κ3) is 2.57. The van der Waals surface area contributed by atoms with E-state index in [-0.39, 0.29) is 5.91 Å². The molecule has 1 aliphatic carbocycles. The fourth-order valence-electron chi connectivity index (χ4n) is 2.80. The van der Waals surface area contributed by atoms with E-state index in [4.69, 9.17) is 10.5 Å². The van der Waals surface area contributed by atoms with Gasteiger partial charge >= 0.3 is 0 Å². The van der Waals surface area contributed by atoms with Crippen molar-refractivity contribution in [3.05, 3.63) is 53.1 Å². The van der Waals surface area contributed by atoms with E-state index in [0.717, 1.165) is 18.5 Å². The van der Waals surface area contributed by atoms with E-state index in [0.29, 0.717) is 17.0 Å². The molecule has 0 aliphatic heterocycles. The maximum Gasteiger partial charge on any atom is 0.261 e. The molecule has 0 aromatic heterocycles. The summed E-state index contributed by atoms with van der Waals surface area (Å²) in [6.45, 7) is 0. The highest BCUT2D eigenvalue weighted by molar-refractivity contribution is 6.09. The number of nitrogens with one attached hydrogen (secondary N) is 1. The van der Waals surface area contributed by atoms with Gasteiger partial charge in [0.2, 0.25) is 0 Å². The number of carbonyl (C=O) groups excluding carboxylic acids is 1. The molecule has 4 nitrogen and oxygen atoms in total. The van der Waals surface area contributed by atoms with E-state index >= 15 is 0 Å². The average molecular weight is 282 g/mol. The van der Waals surface area contributed by atoms with Crippen LogP contribution in [-0.2, 0) is 12.8 Å². The van der Waals surface area contributed by atoms with E-state index in [9.17, 15) is 4.79 Å². The Bertz CT molecular complexity index is 695. The number of carbonyl (C=O) groups is 1. The van der Waals surface area contributed by atoms with Gasteiger partial charge in [-0.3, -0.25) is 4.79 Å². The number of hydrogen-bond acceptors (Lipinski definition) is 3. The average Bonchev–Trinajstić information content (AvgIpc) is 2.94. The second-order valence-corrected chi connectivity index (χ2v) is 5.22. The predicted molar refractivity (Wildman–Crippen MR) is 83.8 cm³/mol. The van der Waals surface area contributed by atoms with Crippen LogP contribution in [0.15, 0.2) is 36.4 Å². The van der Waals surface area contributed by atoms with Crippen molar-refractivity contribution < 1.29 is 9.53 Å². The number of anilines is 2. The molecule has 4 heteroatoms. The number of amides is 1. The Hall–Kier alpha value is -2.49. The molecule has 21 heavy (non-hydrogen) atoms. The Morgan fingerprint density at radius 1 is 1.19 bits per heavy atom. The zero-order chi connectivity index (χ0) is 14.8. The first kappa shape index (κ1) is 13.5. The summed E-state index contributed by atoms with van der Waals surface area (Å²) in [4.78, 5) is 12.4. The summed E-state index contributed by atoms with van der Waals surface area (Å²) >= 11 is 0. The first-order chi connectivity index (χ1) is 10.2. The van der Waals surface area contributed by atoms with Crippen molar-refractivity contribution in [1.29, 1.82) is 0 Å². The van der Waals surface area contributed by atoms with Gasteiger partial charge in [0.1, 0.15) is 11.3 Å². The number of benzene rings is 2. The summed E-state index contributed by atoms with van der Waals surface area (Å²) in [6, 6.07) is 11.3. The largest absolute Gasteiger partial charge is 0.496 e. The third-order valence-electron chi connectivity index (χ3n) is 3.86.